The highest BCUT2D eigenvalue weighted by atomic mass is 19.1. The summed E-state index contributed by atoms with van der Waals surface area (Å²) in [5, 5.41) is 8.76. The van der Waals surface area contributed by atoms with Crippen LogP contribution in [0.25, 0.3) is 0 Å². The van der Waals surface area contributed by atoms with E-state index in [9.17, 15) is 9.18 Å². The molecule has 21 heavy (non-hydrogen) atoms. The zero-order chi connectivity index (χ0) is 15.2. The summed E-state index contributed by atoms with van der Waals surface area (Å²) in [6.45, 7) is 3.57. The predicted molar refractivity (Wildman–Crippen MR) is 76.5 cm³/mol. The number of carbonyl (C=O) groups is 1. The van der Waals surface area contributed by atoms with Gasteiger partial charge < -0.3 is 9.84 Å². The average molecular weight is 296 g/mol. The Labute approximate surface area is 123 Å². The zero-order valence-electron chi connectivity index (χ0n) is 12.2. The van der Waals surface area contributed by atoms with E-state index in [4.69, 9.17) is 9.84 Å². The monoisotopic (exact) mass is 296 g/mol. The largest absolute Gasteiger partial charge is 0.480 e. The van der Waals surface area contributed by atoms with Crippen LogP contribution in [0.15, 0.2) is 24.3 Å². The van der Waals surface area contributed by atoms with E-state index in [0.29, 0.717) is 13.2 Å². The number of carboxylic acids is 1. The van der Waals surface area contributed by atoms with Crippen LogP contribution in [-0.2, 0) is 16.1 Å². The third-order valence-electron chi connectivity index (χ3n) is 3.46. The maximum atomic E-state index is 12.9. The fourth-order valence-corrected chi connectivity index (χ4v) is 2.53. The third kappa shape index (κ3) is 5.41. The van der Waals surface area contributed by atoms with Crippen molar-refractivity contribution in [2.24, 2.45) is 0 Å². The van der Waals surface area contributed by atoms with Crippen LogP contribution in [0.2, 0.25) is 0 Å². The molecule has 1 saturated heterocycles. The Bertz CT molecular complexity index is 466. The third-order valence-corrected chi connectivity index (χ3v) is 3.46. The quantitative estimate of drug-likeness (QED) is 0.850. The second-order valence-corrected chi connectivity index (χ2v) is 5.44. The summed E-state index contributed by atoms with van der Waals surface area (Å²) >= 11 is 0. The molecule has 116 valence electrons. The molecule has 1 fully saturated rings. The molecule has 1 aromatic rings. The molecular formula is C15H21FN2O3. The molecule has 1 aliphatic heterocycles. The molecule has 6 heteroatoms. The van der Waals surface area contributed by atoms with Crippen molar-refractivity contribution in [2.45, 2.75) is 12.6 Å². The van der Waals surface area contributed by atoms with Gasteiger partial charge in [0.05, 0.1) is 19.3 Å². The summed E-state index contributed by atoms with van der Waals surface area (Å²) in [6.07, 6.45) is 0.00329. The van der Waals surface area contributed by atoms with Gasteiger partial charge in [-0.15, -0.1) is 0 Å². The van der Waals surface area contributed by atoms with Crippen molar-refractivity contribution in [3.8, 4) is 0 Å². The first kappa shape index (κ1) is 15.9. The summed E-state index contributed by atoms with van der Waals surface area (Å²) in [5.74, 6) is -1.06. The molecule has 0 aromatic heterocycles. The minimum Gasteiger partial charge on any atom is -0.480 e. The molecular weight excluding hydrogens is 275 g/mol. The van der Waals surface area contributed by atoms with Crippen molar-refractivity contribution in [1.29, 1.82) is 0 Å². The number of likely N-dealkylation sites (N-methyl/N-ethyl adjacent to an activating group) is 1. The van der Waals surface area contributed by atoms with Crippen molar-refractivity contribution >= 4 is 5.97 Å². The van der Waals surface area contributed by atoms with E-state index >= 15 is 0 Å². The normalized spacial score (nSPS) is 19.9. The molecule has 1 aromatic carbocycles. The Morgan fingerprint density at radius 1 is 1.48 bits per heavy atom. The first-order valence-electron chi connectivity index (χ1n) is 7.01. The van der Waals surface area contributed by atoms with Gasteiger partial charge in [0, 0.05) is 26.2 Å². The standard InChI is InChI=1S/C15H21FN2O3/c1-17(11-15(19)20)9-14-10-18(6-7-21-14)8-12-2-4-13(16)5-3-12/h2-5,14H,6-11H2,1H3,(H,19,20). The fourth-order valence-electron chi connectivity index (χ4n) is 2.53. The first-order chi connectivity index (χ1) is 10.0. The molecule has 1 N–H and O–H groups in total. The lowest BCUT2D eigenvalue weighted by molar-refractivity contribution is -0.138. The lowest BCUT2D eigenvalue weighted by atomic mass is 10.2. The van der Waals surface area contributed by atoms with Crippen LogP contribution in [0, 0.1) is 5.82 Å². The number of hydrogen-bond donors (Lipinski definition) is 1. The van der Waals surface area contributed by atoms with Gasteiger partial charge in [-0.2, -0.15) is 0 Å². The van der Waals surface area contributed by atoms with Crippen molar-refractivity contribution in [1.82, 2.24) is 9.80 Å². The van der Waals surface area contributed by atoms with Crippen LogP contribution in [-0.4, -0.2) is 66.8 Å². The molecule has 0 aliphatic carbocycles. The number of aliphatic carboxylic acids is 1. The minimum absolute atomic E-state index is 0.00329. The molecule has 0 radical (unpaired) electrons. The second kappa shape index (κ2) is 7.49. The van der Waals surface area contributed by atoms with E-state index in [2.05, 4.69) is 4.90 Å². The average Bonchev–Trinajstić information content (AvgIpc) is 2.41. The minimum atomic E-state index is -0.837. The highest BCUT2D eigenvalue weighted by molar-refractivity contribution is 5.69. The lowest BCUT2D eigenvalue weighted by Gasteiger charge is -2.34. The molecule has 1 heterocycles. The van der Waals surface area contributed by atoms with Gasteiger partial charge in [-0.25, -0.2) is 4.39 Å². The smallest absolute Gasteiger partial charge is 0.317 e. The van der Waals surface area contributed by atoms with Crippen LogP contribution in [0.1, 0.15) is 5.56 Å². The number of morpholine rings is 1. The molecule has 0 bridgehead atoms. The van der Waals surface area contributed by atoms with Crippen LogP contribution >= 0.6 is 0 Å². The summed E-state index contributed by atoms with van der Waals surface area (Å²) in [6, 6.07) is 6.51. The van der Waals surface area contributed by atoms with Crippen molar-refractivity contribution < 1.29 is 19.0 Å². The zero-order valence-corrected chi connectivity index (χ0v) is 12.2. The SMILES string of the molecule is CN(CC(=O)O)CC1CN(Cc2ccc(F)cc2)CCO1. The highest BCUT2D eigenvalue weighted by Gasteiger charge is 2.22. The molecule has 1 atom stereocenters. The van der Waals surface area contributed by atoms with Gasteiger partial charge >= 0.3 is 5.97 Å². The molecule has 0 spiro atoms. The number of benzene rings is 1. The maximum absolute atomic E-state index is 12.9. The summed E-state index contributed by atoms with van der Waals surface area (Å²) in [5.41, 5.74) is 1.07. The van der Waals surface area contributed by atoms with Crippen LogP contribution in [0.4, 0.5) is 4.39 Å². The first-order valence-corrected chi connectivity index (χ1v) is 7.01. The molecule has 1 unspecified atom stereocenters. The summed E-state index contributed by atoms with van der Waals surface area (Å²) < 4.78 is 18.6. The van der Waals surface area contributed by atoms with Gasteiger partial charge in [0.1, 0.15) is 5.82 Å². The Hall–Kier alpha value is -1.50. The Morgan fingerprint density at radius 3 is 2.86 bits per heavy atom. The lowest BCUT2D eigenvalue weighted by Crippen LogP contribution is -2.47. The Balaban J connectivity index is 1.82. The molecule has 5 nitrogen and oxygen atoms in total. The molecule has 0 amide bonds. The van der Waals surface area contributed by atoms with E-state index < -0.39 is 5.97 Å². The van der Waals surface area contributed by atoms with Gasteiger partial charge in [-0.3, -0.25) is 14.6 Å². The van der Waals surface area contributed by atoms with E-state index in [-0.39, 0.29) is 18.5 Å². The number of ether oxygens (including phenoxy) is 1. The van der Waals surface area contributed by atoms with Crippen molar-refractivity contribution in [2.75, 3.05) is 39.8 Å². The number of rotatable bonds is 6. The van der Waals surface area contributed by atoms with E-state index in [1.165, 1.54) is 12.1 Å². The van der Waals surface area contributed by atoms with Gasteiger partial charge in [0.2, 0.25) is 0 Å². The number of nitrogens with zero attached hydrogens (tertiary/aromatic N) is 2. The second-order valence-electron chi connectivity index (χ2n) is 5.44. The van der Waals surface area contributed by atoms with Gasteiger partial charge in [-0.05, 0) is 24.7 Å². The van der Waals surface area contributed by atoms with E-state index in [0.717, 1.165) is 25.2 Å². The van der Waals surface area contributed by atoms with E-state index in [1.54, 1.807) is 24.1 Å². The summed E-state index contributed by atoms with van der Waals surface area (Å²) in [4.78, 5) is 14.7. The van der Waals surface area contributed by atoms with Gasteiger partial charge in [0.15, 0.2) is 0 Å². The van der Waals surface area contributed by atoms with Crippen molar-refractivity contribution in [3.05, 3.63) is 35.6 Å². The van der Waals surface area contributed by atoms with Crippen molar-refractivity contribution in [3.63, 3.8) is 0 Å². The van der Waals surface area contributed by atoms with Gasteiger partial charge in [0.25, 0.3) is 0 Å². The molecule has 0 saturated carbocycles. The molecule has 2 rings (SSSR count). The number of halogens is 1. The van der Waals surface area contributed by atoms with Crippen LogP contribution in [0.5, 0.6) is 0 Å². The Morgan fingerprint density at radius 2 is 2.19 bits per heavy atom. The number of hydrogen-bond acceptors (Lipinski definition) is 4. The van der Waals surface area contributed by atoms with Crippen LogP contribution in [0.3, 0.4) is 0 Å². The molecule has 1 aliphatic rings. The van der Waals surface area contributed by atoms with Crippen LogP contribution < -0.4 is 0 Å². The maximum Gasteiger partial charge on any atom is 0.317 e. The number of carboxylic acid groups (broad SMARTS) is 1. The fraction of sp³-hybridized carbons (Fsp3) is 0.533. The highest BCUT2D eigenvalue weighted by Crippen LogP contribution is 2.12. The summed E-state index contributed by atoms with van der Waals surface area (Å²) in [7, 11) is 1.77. The topological polar surface area (TPSA) is 53.0 Å². The van der Waals surface area contributed by atoms with E-state index in [1.807, 2.05) is 0 Å². The predicted octanol–water partition coefficient (Wildman–Crippen LogP) is 1.04. The Kier molecular flexibility index (Phi) is 5.67. The van der Waals surface area contributed by atoms with Gasteiger partial charge in [-0.1, -0.05) is 12.1 Å².